The molecule has 3 saturated carbocycles. The van der Waals surface area contributed by atoms with E-state index in [1.54, 1.807) is 16.8 Å². The molecule has 6 rings (SSSR count). The van der Waals surface area contributed by atoms with E-state index in [0.717, 1.165) is 48.5 Å². The number of hydrogen-bond acceptors (Lipinski definition) is 2. The van der Waals surface area contributed by atoms with Gasteiger partial charge in [0.2, 0.25) is 0 Å². The lowest BCUT2D eigenvalue weighted by molar-refractivity contribution is -0.0453. The molecule has 160 valence electrons. The van der Waals surface area contributed by atoms with Gasteiger partial charge in [-0.15, -0.1) is 0 Å². The largest absolute Gasteiger partial charge is 0.393 e. The van der Waals surface area contributed by atoms with Crippen LogP contribution in [-0.4, -0.2) is 28.7 Å². The van der Waals surface area contributed by atoms with Gasteiger partial charge in [0, 0.05) is 24.2 Å². The van der Waals surface area contributed by atoms with Crippen molar-refractivity contribution in [3.05, 3.63) is 22.9 Å². The Morgan fingerprint density at radius 1 is 1.10 bits per heavy atom. The minimum Gasteiger partial charge on any atom is -0.393 e. The first kappa shape index (κ1) is 19.0. The molecule has 0 radical (unpaired) electrons. The Labute approximate surface area is 177 Å². The van der Waals surface area contributed by atoms with Crippen LogP contribution in [0.25, 0.3) is 0 Å². The first-order chi connectivity index (χ1) is 13.8. The van der Waals surface area contributed by atoms with Crippen LogP contribution in [0, 0.1) is 40.4 Å². The van der Waals surface area contributed by atoms with Crippen molar-refractivity contribution in [1.82, 2.24) is 4.90 Å². The third-order valence-electron chi connectivity index (χ3n) is 11.2. The molecule has 4 aliphatic carbocycles. The van der Waals surface area contributed by atoms with Gasteiger partial charge >= 0.3 is 0 Å². The standard InChI is InChI=1S/C27H41NO/c1-16-5-8-23-17(2)25-24(28(23)15-16)14-22-20-7-6-18-13-19(29)9-11-26(18,3)21(20)10-12-27(22,25)4/h6,16,19-22,24-25,29H,5,7-15H2,1-4H3/t16-,19-,20+,21-,22-,24-,25-,26-,27-/m0/s1. The Morgan fingerprint density at radius 3 is 2.76 bits per heavy atom. The van der Waals surface area contributed by atoms with Gasteiger partial charge in [0.15, 0.2) is 0 Å². The lowest BCUT2D eigenvalue weighted by Gasteiger charge is -2.58. The Hall–Kier alpha value is -0.760. The summed E-state index contributed by atoms with van der Waals surface area (Å²) in [7, 11) is 0. The van der Waals surface area contributed by atoms with Crippen molar-refractivity contribution >= 4 is 0 Å². The van der Waals surface area contributed by atoms with E-state index >= 15 is 0 Å². The van der Waals surface area contributed by atoms with Crippen LogP contribution in [0.2, 0.25) is 0 Å². The molecule has 0 bridgehead atoms. The van der Waals surface area contributed by atoms with Crippen molar-refractivity contribution in [3.63, 3.8) is 0 Å². The number of piperidine rings is 1. The summed E-state index contributed by atoms with van der Waals surface area (Å²) in [6.45, 7) is 11.5. The molecule has 0 aromatic carbocycles. The average Bonchev–Trinajstić information content (AvgIpc) is 3.15. The number of allylic oxidation sites excluding steroid dienone is 2. The maximum atomic E-state index is 10.3. The van der Waals surface area contributed by atoms with Gasteiger partial charge in [-0.25, -0.2) is 0 Å². The van der Waals surface area contributed by atoms with Crippen LogP contribution in [0.3, 0.4) is 0 Å². The fourth-order valence-corrected chi connectivity index (χ4v) is 9.75. The second-order valence-electron chi connectivity index (χ2n) is 12.4. The maximum Gasteiger partial charge on any atom is 0.0577 e. The molecular formula is C27H41NO. The summed E-state index contributed by atoms with van der Waals surface area (Å²) in [4.78, 5) is 2.90. The molecule has 4 fully saturated rings. The molecule has 2 aliphatic heterocycles. The van der Waals surface area contributed by atoms with E-state index < -0.39 is 0 Å². The van der Waals surface area contributed by atoms with Crippen LogP contribution in [-0.2, 0) is 0 Å². The zero-order valence-corrected chi connectivity index (χ0v) is 19.1. The van der Waals surface area contributed by atoms with Gasteiger partial charge in [0.05, 0.1) is 6.10 Å². The number of aliphatic hydroxyl groups excluding tert-OH is 1. The minimum absolute atomic E-state index is 0.0853. The molecule has 0 aromatic heterocycles. The number of hydrogen-bond donors (Lipinski definition) is 1. The lowest BCUT2D eigenvalue weighted by Crippen LogP contribution is -2.50. The quantitative estimate of drug-likeness (QED) is 0.514. The fraction of sp³-hybridized carbons (Fsp3) is 0.852. The molecule has 2 heteroatoms. The van der Waals surface area contributed by atoms with Crippen molar-refractivity contribution < 1.29 is 5.11 Å². The summed E-state index contributed by atoms with van der Waals surface area (Å²) in [6, 6.07) is 0.799. The SMILES string of the molecule is CC1=C2CC[C@H](C)CN2[C@H]2C[C@H]3[C@@H]4CC=C5C[C@@H](O)CC[C@]5(C)[C@H]4CC[C@]3(C)[C@@H]12. The van der Waals surface area contributed by atoms with Crippen LogP contribution in [0.1, 0.15) is 85.5 Å². The highest BCUT2D eigenvalue weighted by Gasteiger charge is 2.64. The van der Waals surface area contributed by atoms with Crippen molar-refractivity contribution in [3.8, 4) is 0 Å². The minimum atomic E-state index is -0.0853. The summed E-state index contributed by atoms with van der Waals surface area (Å²) >= 11 is 0. The van der Waals surface area contributed by atoms with Crippen molar-refractivity contribution in [2.45, 2.75) is 97.6 Å². The first-order valence-electron chi connectivity index (χ1n) is 12.7. The predicted octanol–water partition coefficient (Wildman–Crippen LogP) is 5.92. The van der Waals surface area contributed by atoms with Crippen molar-refractivity contribution in [2.24, 2.45) is 40.4 Å². The molecule has 2 nitrogen and oxygen atoms in total. The van der Waals surface area contributed by atoms with Crippen LogP contribution >= 0.6 is 0 Å². The predicted molar refractivity (Wildman–Crippen MR) is 118 cm³/mol. The van der Waals surface area contributed by atoms with E-state index in [9.17, 15) is 5.11 Å². The number of rotatable bonds is 0. The Kier molecular flexibility index (Phi) is 4.02. The molecular weight excluding hydrogens is 354 g/mol. The topological polar surface area (TPSA) is 23.5 Å². The first-order valence-corrected chi connectivity index (χ1v) is 12.7. The Morgan fingerprint density at radius 2 is 1.93 bits per heavy atom. The molecule has 1 N–H and O–H groups in total. The van der Waals surface area contributed by atoms with Gasteiger partial charge in [0.1, 0.15) is 0 Å². The summed E-state index contributed by atoms with van der Waals surface area (Å²) in [6.07, 6.45) is 14.0. The third-order valence-corrected chi connectivity index (χ3v) is 11.2. The molecule has 0 amide bonds. The van der Waals surface area contributed by atoms with Gasteiger partial charge in [-0.3, -0.25) is 0 Å². The lowest BCUT2D eigenvalue weighted by atomic mass is 9.47. The Bertz CT molecular complexity index is 781. The van der Waals surface area contributed by atoms with Crippen molar-refractivity contribution in [1.29, 1.82) is 0 Å². The zero-order chi connectivity index (χ0) is 20.1. The van der Waals surface area contributed by atoms with Crippen molar-refractivity contribution in [2.75, 3.05) is 6.54 Å². The second-order valence-corrected chi connectivity index (χ2v) is 12.4. The number of nitrogens with zero attached hydrogens (tertiary/aromatic N) is 1. The van der Waals surface area contributed by atoms with E-state index in [2.05, 4.69) is 38.7 Å². The zero-order valence-electron chi connectivity index (χ0n) is 19.1. The summed E-state index contributed by atoms with van der Waals surface area (Å²) in [5.41, 5.74) is 6.03. The highest BCUT2D eigenvalue weighted by Crippen LogP contribution is 2.69. The van der Waals surface area contributed by atoms with Gasteiger partial charge in [-0.05, 0) is 105 Å². The van der Waals surface area contributed by atoms with Gasteiger partial charge in [0.25, 0.3) is 0 Å². The number of fused-ring (bicyclic) bond motifs is 9. The van der Waals surface area contributed by atoms with Crippen LogP contribution in [0.15, 0.2) is 22.9 Å². The summed E-state index contributed by atoms with van der Waals surface area (Å²) in [5.74, 6) is 4.31. The molecule has 1 saturated heterocycles. The molecule has 9 atom stereocenters. The smallest absolute Gasteiger partial charge is 0.0577 e. The van der Waals surface area contributed by atoms with Gasteiger partial charge in [-0.1, -0.05) is 32.4 Å². The highest BCUT2D eigenvalue weighted by atomic mass is 16.3. The van der Waals surface area contributed by atoms with Gasteiger partial charge in [-0.2, -0.15) is 0 Å². The highest BCUT2D eigenvalue weighted by molar-refractivity contribution is 5.33. The van der Waals surface area contributed by atoms with Crippen LogP contribution in [0.4, 0.5) is 0 Å². The van der Waals surface area contributed by atoms with E-state index in [-0.39, 0.29) is 6.10 Å². The molecule has 2 heterocycles. The third kappa shape index (κ3) is 2.39. The number of aliphatic hydroxyl groups is 1. The molecule has 6 aliphatic rings. The second kappa shape index (κ2) is 6.15. The van der Waals surface area contributed by atoms with E-state index in [4.69, 9.17) is 0 Å². The summed E-state index contributed by atoms with van der Waals surface area (Å²) < 4.78 is 0. The fourth-order valence-electron chi connectivity index (χ4n) is 9.75. The van der Waals surface area contributed by atoms with Crippen LogP contribution in [0.5, 0.6) is 0 Å². The van der Waals surface area contributed by atoms with Gasteiger partial charge < -0.3 is 10.0 Å². The van der Waals surface area contributed by atoms with E-state index in [1.807, 2.05) is 0 Å². The molecule has 29 heavy (non-hydrogen) atoms. The Balaban J connectivity index is 1.35. The van der Waals surface area contributed by atoms with E-state index in [1.165, 1.54) is 51.5 Å². The molecule has 0 aromatic rings. The average molecular weight is 396 g/mol. The summed E-state index contributed by atoms with van der Waals surface area (Å²) in [5, 5.41) is 10.3. The normalized spacial score (nSPS) is 53.6. The monoisotopic (exact) mass is 395 g/mol. The van der Waals surface area contributed by atoms with E-state index in [0.29, 0.717) is 10.8 Å². The molecule has 0 spiro atoms. The van der Waals surface area contributed by atoms with Crippen LogP contribution < -0.4 is 0 Å². The molecule has 0 unspecified atom stereocenters. The maximum absolute atomic E-state index is 10.3.